The highest BCUT2D eigenvalue weighted by molar-refractivity contribution is 6.31. The molecule has 1 atom stereocenters. The molecular weight excluding hydrogens is 328 g/mol. The molecule has 0 aliphatic rings. The first kappa shape index (κ1) is 17.9. The van der Waals surface area contributed by atoms with Gasteiger partial charge < -0.3 is 10.1 Å². The minimum Gasteiger partial charge on any atom is -0.469 e. The van der Waals surface area contributed by atoms with Gasteiger partial charge in [0.05, 0.1) is 19.6 Å². The lowest BCUT2D eigenvalue weighted by Crippen LogP contribution is -2.30. The number of aryl methyl sites for hydroxylation is 1. The van der Waals surface area contributed by atoms with Crippen molar-refractivity contribution in [2.75, 3.05) is 7.11 Å². The number of ether oxygens (including phenoxy) is 1. The Morgan fingerprint density at radius 1 is 1.25 bits per heavy atom. The second-order valence-electron chi connectivity index (χ2n) is 5.28. The summed E-state index contributed by atoms with van der Waals surface area (Å²) in [7, 11) is 1.32. The molecule has 1 N–H and O–H groups in total. The molecular formula is C18H19ClN2O3. The van der Waals surface area contributed by atoms with Gasteiger partial charge in [0, 0.05) is 23.8 Å². The van der Waals surface area contributed by atoms with Crippen LogP contribution in [-0.4, -0.2) is 24.0 Å². The van der Waals surface area contributed by atoms with E-state index in [1.165, 1.54) is 7.11 Å². The highest BCUT2D eigenvalue weighted by atomic mass is 35.5. The highest BCUT2D eigenvalue weighted by Gasteiger charge is 2.20. The molecule has 0 fully saturated rings. The molecule has 1 amide bonds. The third kappa shape index (κ3) is 5.35. The molecule has 2 aromatic rings. The third-order valence-corrected chi connectivity index (χ3v) is 3.92. The Bertz CT molecular complexity index is 692. The summed E-state index contributed by atoms with van der Waals surface area (Å²) in [5.41, 5.74) is 1.68. The van der Waals surface area contributed by atoms with E-state index in [4.69, 9.17) is 16.3 Å². The number of hydrogen-bond donors (Lipinski definition) is 1. The van der Waals surface area contributed by atoms with Crippen LogP contribution in [0, 0.1) is 0 Å². The summed E-state index contributed by atoms with van der Waals surface area (Å²) < 4.78 is 4.71. The second-order valence-corrected chi connectivity index (χ2v) is 5.69. The number of benzene rings is 1. The summed E-state index contributed by atoms with van der Waals surface area (Å²) in [5, 5.41) is 3.36. The van der Waals surface area contributed by atoms with Crippen LogP contribution in [0.4, 0.5) is 0 Å². The maximum absolute atomic E-state index is 12.3. The van der Waals surface area contributed by atoms with Gasteiger partial charge >= 0.3 is 5.97 Å². The van der Waals surface area contributed by atoms with Gasteiger partial charge in [-0.2, -0.15) is 0 Å². The molecule has 1 unspecified atom stereocenters. The number of nitrogens with zero attached hydrogens (tertiary/aromatic N) is 1. The first-order valence-corrected chi connectivity index (χ1v) is 7.97. The van der Waals surface area contributed by atoms with Crippen molar-refractivity contribution in [2.24, 2.45) is 0 Å². The number of carbonyl (C=O) groups is 2. The van der Waals surface area contributed by atoms with Gasteiger partial charge in [-0.3, -0.25) is 14.6 Å². The topological polar surface area (TPSA) is 68.3 Å². The fourth-order valence-corrected chi connectivity index (χ4v) is 2.58. The lowest BCUT2D eigenvalue weighted by Gasteiger charge is -2.19. The molecule has 1 aromatic carbocycles. The number of carbonyl (C=O) groups excluding carboxylic acids is 2. The molecule has 1 heterocycles. The zero-order valence-electron chi connectivity index (χ0n) is 13.4. The van der Waals surface area contributed by atoms with Gasteiger partial charge in [0.25, 0.3) is 0 Å². The number of esters is 1. The summed E-state index contributed by atoms with van der Waals surface area (Å²) >= 11 is 6.19. The predicted octanol–water partition coefficient (Wildman–Crippen LogP) is 3.09. The summed E-state index contributed by atoms with van der Waals surface area (Å²) in [5.74, 6) is -0.569. The van der Waals surface area contributed by atoms with Crippen molar-refractivity contribution in [1.29, 1.82) is 0 Å². The van der Waals surface area contributed by atoms with Crippen molar-refractivity contribution in [1.82, 2.24) is 10.3 Å². The molecule has 0 saturated carbocycles. The van der Waals surface area contributed by atoms with E-state index in [-0.39, 0.29) is 12.3 Å². The van der Waals surface area contributed by atoms with Gasteiger partial charge in [0.15, 0.2) is 0 Å². The Hall–Kier alpha value is -2.40. The van der Waals surface area contributed by atoms with Crippen LogP contribution in [0.3, 0.4) is 0 Å². The zero-order chi connectivity index (χ0) is 17.4. The van der Waals surface area contributed by atoms with E-state index in [0.717, 1.165) is 5.56 Å². The number of amides is 1. The van der Waals surface area contributed by atoms with Crippen molar-refractivity contribution in [3.8, 4) is 0 Å². The molecule has 24 heavy (non-hydrogen) atoms. The van der Waals surface area contributed by atoms with Gasteiger partial charge in [-0.25, -0.2) is 0 Å². The first-order valence-electron chi connectivity index (χ1n) is 7.59. The van der Waals surface area contributed by atoms with Crippen LogP contribution >= 0.6 is 11.6 Å². The maximum atomic E-state index is 12.3. The third-order valence-electron chi connectivity index (χ3n) is 3.58. The number of nitrogens with one attached hydrogen (secondary N) is 1. The molecule has 0 bridgehead atoms. The molecule has 1 aromatic heterocycles. The van der Waals surface area contributed by atoms with E-state index in [1.54, 1.807) is 30.6 Å². The molecule has 0 radical (unpaired) electrons. The molecule has 0 aliphatic heterocycles. The molecule has 126 valence electrons. The average molecular weight is 347 g/mol. The van der Waals surface area contributed by atoms with Crippen LogP contribution in [0.1, 0.15) is 30.0 Å². The van der Waals surface area contributed by atoms with E-state index in [0.29, 0.717) is 23.4 Å². The van der Waals surface area contributed by atoms with Crippen LogP contribution in [0.2, 0.25) is 5.02 Å². The summed E-state index contributed by atoms with van der Waals surface area (Å²) in [6, 6.07) is 10.4. The van der Waals surface area contributed by atoms with E-state index in [2.05, 4.69) is 10.3 Å². The second kappa shape index (κ2) is 9.03. The molecule has 6 heteroatoms. The minimum absolute atomic E-state index is 0.0267. The number of aromatic nitrogens is 1. The Morgan fingerprint density at radius 3 is 2.71 bits per heavy atom. The normalized spacial score (nSPS) is 11.6. The Kier molecular flexibility index (Phi) is 6.75. The first-order chi connectivity index (χ1) is 11.6. The van der Waals surface area contributed by atoms with Gasteiger partial charge in [-0.05, 0) is 29.7 Å². The van der Waals surface area contributed by atoms with E-state index in [9.17, 15) is 9.59 Å². The zero-order valence-corrected chi connectivity index (χ0v) is 14.1. The lowest BCUT2D eigenvalue weighted by atomic mass is 10.0. The monoisotopic (exact) mass is 346 g/mol. The van der Waals surface area contributed by atoms with Crippen LogP contribution in [-0.2, 0) is 20.7 Å². The smallest absolute Gasteiger partial charge is 0.307 e. The number of halogens is 1. The number of methoxy groups -OCH3 is 1. The Morgan fingerprint density at radius 2 is 2.04 bits per heavy atom. The molecule has 0 aliphatic carbocycles. The molecule has 0 saturated heterocycles. The van der Waals surface area contributed by atoms with E-state index < -0.39 is 12.0 Å². The largest absolute Gasteiger partial charge is 0.469 e. The van der Waals surface area contributed by atoms with Crippen LogP contribution in [0.5, 0.6) is 0 Å². The standard InChI is InChI=1S/C18H19ClN2O3/c1-24-18(23)11-16(14-6-2-3-7-15(14)19)21-17(22)9-8-13-5-4-10-20-12-13/h2-7,10,12,16H,8-9,11H2,1H3,(H,21,22). The fraction of sp³-hybridized carbons (Fsp3) is 0.278. The van der Waals surface area contributed by atoms with Gasteiger partial charge in [0.1, 0.15) is 0 Å². The fourth-order valence-electron chi connectivity index (χ4n) is 2.32. The van der Waals surface area contributed by atoms with Crippen molar-refractivity contribution in [2.45, 2.75) is 25.3 Å². The number of hydrogen-bond acceptors (Lipinski definition) is 4. The SMILES string of the molecule is COC(=O)CC(NC(=O)CCc1cccnc1)c1ccccc1Cl. The lowest BCUT2D eigenvalue weighted by molar-refractivity contribution is -0.141. The van der Waals surface area contributed by atoms with Crippen molar-refractivity contribution >= 4 is 23.5 Å². The number of pyridine rings is 1. The molecule has 5 nitrogen and oxygen atoms in total. The van der Waals surface area contributed by atoms with E-state index in [1.807, 2.05) is 18.2 Å². The van der Waals surface area contributed by atoms with Gasteiger partial charge in [0.2, 0.25) is 5.91 Å². The van der Waals surface area contributed by atoms with Gasteiger partial charge in [-0.1, -0.05) is 35.9 Å². The molecule has 2 rings (SSSR count). The number of rotatable bonds is 7. The summed E-state index contributed by atoms with van der Waals surface area (Å²) in [4.78, 5) is 27.9. The Balaban J connectivity index is 2.03. The van der Waals surface area contributed by atoms with Crippen molar-refractivity contribution in [3.05, 3.63) is 64.9 Å². The highest BCUT2D eigenvalue weighted by Crippen LogP contribution is 2.25. The minimum atomic E-state index is -0.521. The summed E-state index contributed by atoms with van der Waals surface area (Å²) in [6.45, 7) is 0. The predicted molar refractivity (Wildman–Crippen MR) is 91.5 cm³/mol. The van der Waals surface area contributed by atoms with E-state index >= 15 is 0 Å². The quantitative estimate of drug-likeness (QED) is 0.782. The van der Waals surface area contributed by atoms with Crippen LogP contribution < -0.4 is 5.32 Å². The molecule has 0 spiro atoms. The average Bonchev–Trinajstić information content (AvgIpc) is 2.60. The van der Waals surface area contributed by atoms with Gasteiger partial charge in [-0.15, -0.1) is 0 Å². The Labute approximate surface area is 146 Å². The van der Waals surface area contributed by atoms with Crippen LogP contribution in [0.25, 0.3) is 0 Å². The summed E-state index contributed by atoms with van der Waals surface area (Å²) in [6.07, 6.45) is 4.32. The van der Waals surface area contributed by atoms with Crippen molar-refractivity contribution < 1.29 is 14.3 Å². The van der Waals surface area contributed by atoms with Crippen molar-refractivity contribution in [3.63, 3.8) is 0 Å². The van der Waals surface area contributed by atoms with Crippen LogP contribution in [0.15, 0.2) is 48.8 Å². The maximum Gasteiger partial charge on any atom is 0.307 e.